The van der Waals surface area contributed by atoms with Crippen molar-refractivity contribution in [3.05, 3.63) is 58.9 Å². The maximum absolute atomic E-state index is 13.8. The van der Waals surface area contributed by atoms with Crippen LogP contribution in [0.25, 0.3) is 0 Å². The minimum absolute atomic E-state index is 0.126. The zero-order valence-electron chi connectivity index (χ0n) is 17.8. The smallest absolute Gasteiger partial charge is 0.243 e. The quantitative estimate of drug-likeness (QED) is 0.684. The van der Waals surface area contributed by atoms with Gasteiger partial charge >= 0.3 is 0 Å². The van der Waals surface area contributed by atoms with Crippen molar-refractivity contribution in [2.75, 3.05) is 26.4 Å². The maximum atomic E-state index is 13.8. The van der Waals surface area contributed by atoms with E-state index in [9.17, 15) is 17.6 Å². The SMILES string of the molecule is O=C(Cc1ccc(S(=O)(=O)N2CCCCC2)cc1)NCCc1cc(F)cc2c1OCOC2. The van der Waals surface area contributed by atoms with Crippen LogP contribution in [0, 0.1) is 5.82 Å². The van der Waals surface area contributed by atoms with Crippen molar-refractivity contribution < 1.29 is 27.1 Å². The molecule has 9 heteroatoms. The third-order valence-electron chi connectivity index (χ3n) is 5.71. The number of amides is 1. The number of hydrogen-bond donors (Lipinski definition) is 1. The summed E-state index contributed by atoms with van der Waals surface area (Å²) in [4.78, 5) is 12.6. The van der Waals surface area contributed by atoms with Crippen LogP contribution < -0.4 is 10.1 Å². The van der Waals surface area contributed by atoms with Gasteiger partial charge in [0, 0.05) is 25.2 Å². The van der Waals surface area contributed by atoms with Gasteiger partial charge in [-0.05, 0) is 54.7 Å². The highest BCUT2D eigenvalue weighted by molar-refractivity contribution is 7.89. The molecule has 1 N–H and O–H groups in total. The summed E-state index contributed by atoms with van der Waals surface area (Å²) in [6.07, 6.45) is 3.39. The summed E-state index contributed by atoms with van der Waals surface area (Å²) >= 11 is 0. The highest BCUT2D eigenvalue weighted by atomic mass is 32.2. The summed E-state index contributed by atoms with van der Waals surface area (Å²) < 4.78 is 51.5. The predicted octanol–water partition coefficient (Wildman–Crippen LogP) is 2.77. The van der Waals surface area contributed by atoms with Gasteiger partial charge in [0.25, 0.3) is 0 Å². The van der Waals surface area contributed by atoms with Crippen molar-refractivity contribution in [3.8, 4) is 5.75 Å². The zero-order chi connectivity index (χ0) is 22.6. The molecule has 0 aromatic heterocycles. The van der Waals surface area contributed by atoms with Crippen LogP contribution in [0.3, 0.4) is 0 Å². The van der Waals surface area contributed by atoms with E-state index in [0.29, 0.717) is 49.5 Å². The van der Waals surface area contributed by atoms with Crippen LogP contribution in [-0.2, 0) is 39.0 Å². The summed E-state index contributed by atoms with van der Waals surface area (Å²) in [7, 11) is -3.48. The van der Waals surface area contributed by atoms with Gasteiger partial charge in [-0.3, -0.25) is 4.79 Å². The standard InChI is InChI=1S/C23H27FN2O5S/c24-20-13-18(23-19(14-20)15-30-16-31-23)8-9-25-22(27)12-17-4-6-21(7-5-17)32(28,29)26-10-2-1-3-11-26/h4-7,13-14H,1-3,8-12,15-16H2,(H,25,27). The third-order valence-corrected chi connectivity index (χ3v) is 7.62. The molecule has 2 aromatic carbocycles. The summed E-state index contributed by atoms with van der Waals surface area (Å²) in [5, 5.41) is 2.83. The zero-order valence-corrected chi connectivity index (χ0v) is 18.6. The van der Waals surface area contributed by atoms with Gasteiger partial charge in [-0.1, -0.05) is 18.6 Å². The van der Waals surface area contributed by atoms with Crippen LogP contribution in [-0.4, -0.2) is 45.1 Å². The number of halogens is 1. The van der Waals surface area contributed by atoms with E-state index < -0.39 is 10.0 Å². The average molecular weight is 463 g/mol. The molecule has 0 bridgehead atoms. The molecule has 2 aliphatic rings. The second kappa shape index (κ2) is 9.97. The van der Waals surface area contributed by atoms with Crippen LogP contribution in [0.4, 0.5) is 4.39 Å². The molecule has 2 aliphatic heterocycles. The van der Waals surface area contributed by atoms with E-state index in [4.69, 9.17) is 9.47 Å². The maximum Gasteiger partial charge on any atom is 0.243 e. The van der Waals surface area contributed by atoms with Crippen molar-refractivity contribution in [3.63, 3.8) is 0 Å². The molecule has 0 unspecified atom stereocenters. The molecule has 2 heterocycles. The fraction of sp³-hybridized carbons (Fsp3) is 0.435. The van der Waals surface area contributed by atoms with Crippen molar-refractivity contribution in [1.29, 1.82) is 0 Å². The van der Waals surface area contributed by atoms with Gasteiger partial charge in [-0.2, -0.15) is 4.31 Å². The average Bonchev–Trinajstić information content (AvgIpc) is 2.80. The molecule has 0 saturated carbocycles. The minimum atomic E-state index is -3.48. The Morgan fingerprint density at radius 1 is 1.09 bits per heavy atom. The number of piperidine rings is 1. The molecule has 0 aliphatic carbocycles. The van der Waals surface area contributed by atoms with Crippen LogP contribution in [0.15, 0.2) is 41.3 Å². The fourth-order valence-corrected chi connectivity index (χ4v) is 5.58. The number of sulfonamides is 1. The van der Waals surface area contributed by atoms with Gasteiger partial charge in [-0.15, -0.1) is 0 Å². The Balaban J connectivity index is 1.31. The van der Waals surface area contributed by atoms with Crippen LogP contribution in [0.5, 0.6) is 5.75 Å². The first-order valence-electron chi connectivity index (χ1n) is 10.8. The molecule has 1 saturated heterocycles. The van der Waals surface area contributed by atoms with E-state index in [1.54, 1.807) is 24.3 Å². The number of hydrogen-bond acceptors (Lipinski definition) is 5. The lowest BCUT2D eigenvalue weighted by Crippen LogP contribution is -2.35. The van der Waals surface area contributed by atoms with E-state index in [-0.39, 0.29) is 29.8 Å². The summed E-state index contributed by atoms with van der Waals surface area (Å²) in [6.45, 7) is 1.87. The molecule has 0 radical (unpaired) electrons. The molecular weight excluding hydrogens is 435 g/mol. The molecule has 1 amide bonds. The second-order valence-electron chi connectivity index (χ2n) is 8.05. The number of carbonyl (C=O) groups excluding carboxylic acids is 1. The van der Waals surface area contributed by atoms with Crippen molar-refractivity contribution in [2.45, 2.75) is 43.6 Å². The molecule has 4 rings (SSSR count). The third kappa shape index (κ3) is 5.28. The Kier molecular flexibility index (Phi) is 7.07. The van der Waals surface area contributed by atoms with Gasteiger partial charge in [0.2, 0.25) is 15.9 Å². The lowest BCUT2D eigenvalue weighted by atomic mass is 10.1. The number of ether oxygens (including phenoxy) is 2. The first kappa shape index (κ1) is 22.7. The number of benzene rings is 2. The fourth-order valence-electron chi connectivity index (χ4n) is 4.06. The van der Waals surface area contributed by atoms with E-state index in [1.165, 1.54) is 16.4 Å². The van der Waals surface area contributed by atoms with Crippen LogP contribution in [0.1, 0.15) is 36.0 Å². The van der Waals surface area contributed by atoms with Crippen LogP contribution in [0.2, 0.25) is 0 Å². The van der Waals surface area contributed by atoms with E-state index in [0.717, 1.165) is 24.8 Å². The number of fused-ring (bicyclic) bond motifs is 1. The lowest BCUT2D eigenvalue weighted by molar-refractivity contribution is -0.120. The van der Waals surface area contributed by atoms with Gasteiger partial charge in [0.15, 0.2) is 6.79 Å². The second-order valence-corrected chi connectivity index (χ2v) is 9.99. The molecule has 2 aromatic rings. The predicted molar refractivity (Wildman–Crippen MR) is 116 cm³/mol. The van der Waals surface area contributed by atoms with Gasteiger partial charge < -0.3 is 14.8 Å². The molecule has 7 nitrogen and oxygen atoms in total. The summed E-state index contributed by atoms with van der Waals surface area (Å²) in [6, 6.07) is 9.28. The Morgan fingerprint density at radius 2 is 1.84 bits per heavy atom. The normalized spacial score (nSPS) is 16.8. The summed E-state index contributed by atoms with van der Waals surface area (Å²) in [5.74, 6) is 0.0716. The van der Waals surface area contributed by atoms with E-state index in [1.807, 2.05) is 0 Å². The largest absolute Gasteiger partial charge is 0.467 e. The molecule has 1 fully saturated rings. The minimum Gasteiger partial charge on any atom is -0.467 e. The molecule has 0 atom stereocenters. The molecule has 172 valence electrons. The Labute approximate surface area is 187 Å². The number of nitrogens with zero attached hydrogens (tertiary/aromatic N) is 1. The first-order chi connectivity index (χ1) is 15.4. The van der Waals surface area contributed by atoms with E-state index >= 15 is 0 Å². The monoisotopic (exact) mass is 462 g/mol. The number of nitrogens with one attached hydrogen (secondary N) is 1. The lowest BCUT2D eigenvalue weighted by Gasteiger charge is -2.25. The van der Waals surface area contributed by atoms with Crippen molar-refractivity contribution >= 4 is 15.9 Å². The highest BCUT2D eigenvalue weighted by Gasteiger charge is 2.25. The summed E-state index contributed by atoms with van der Waals surface area (Å²) in [5.41, 5.74) is 2.08. The number of carbonyl (C=O) groups is 1. The van der Waals surface area contributed by atoms with Gasteiger partial charge in [-0.25, -0.2) is 12.8 Å². The van der Waals surface area contributed by atoms with Crippen molar-refractivity contribution in [2.24, 2.45) is 0 Å². The Morgan fingerprint density at radius 3 is 2.59 bits per heavy atom. The Bertz CT molecular complexity index is 1070. The van der Waals surface area contributed by atoms with Gasteiger partial charge in [0.05, 0.1) is 17.9 Å². The molecule has 0 spiro atoms. The highest BCUT2D eigenvalue weighted by Crippen LogP contribution is 2.29. The molecular formula is C23H27FN2O5S. The van der Waals surface area contributed by atoms with E-state index in [2.05, 4.69) is 5.32 Å². The van der Waals surface area contributed by atoms with Crippen LogP contribution >= 0.6 is 0 Å². The topological polar surface area (TPSA) is 84.9 Å². The van der Waals surface area contributed by atoms with Crippen molar-refractivity contribution in [1.82, 2.24) is 9.62 Å². The first-order valence-corrected chi connectivity index (χ1v) is 12.2. The Hall–Kier alpha value is -2.49. The van der Waals surface area contributed by atoms with Gasteiger partial charge in [0.1, 0.15) is 11.6 Å². The number of rotatable bonds is 7. The molecule has 32 heavy (non-hydrogen) atoms.